The monoisotopic (exact) mass is 336 g/mol. The summed E-state index contributed by atoms with van der Waals surface area (Å²) in [6, 6.07) is 5.72. The Balaban J connectivity index is 2.05. The molecule has 0 aliphatic carbocycles. The smallest absolute Gasteiger partial charge is 0.328 e. The van der Waals surface area contributed by atoms with Crippen LogP contribution in [0.3, 0.4) is 0 Å². The quantitative estimate of drug-likeness (QED) is 0.707. The van der Waals surface area contributed by atoms with Crippen molar-refractivity contribution in [2.24, 2.45) is 7.05 Å². The number of hydrogen-bond acceptors (Lipinski definition) is 2. The first-order valence-corrected chi connectivity index (χ1v) is 7.62. The molecule has 2 aliphatic heterocycles. The van der Waals surface area contributed by atoms with Gasteiger partial charge in [-0.05, 0) is 18.2 Å². The van der Waals surface area contributed by atoms with Crippen LogP contribution in [0.25, 0.3) is 11.4 Å². The highest BCUT2D eigenvalue weighted by Crippen LogP contribution is 2.33. The Morgan fingerprint density at radius 3 is 2.50 bits per heavy atom. The normalized spacial score (nSPS) is 13.0. The Hall–Kier alpha value is -2.31. The Bertz CT molecular complexity index is 837. The first-order chi connectivity index (χ1) is 11.1. The molecule has 0 aromatic carbocycles. The first kappa shape index (κ1) is 16.5. The Labute approximate surface area is 138 Å². The fourth-order valence-electron chi connectivity index (χ4n) is 2.68. The van der Waals surface area contributed by atoms with E-state index in [1.807, 2.05) is 18.2 Å². The van der Waals surface area contributed by atoms with E-state index in [4.69, 9.17) is 0 Å². The maximum absolute atomic E-state index is 13.1. The summed E-state index contributed by atoms with van der Waals surface area (Å²) in [7, 11) is 1.49. The molecule has 1 aromatic rings. The van der Waals surface area contributed by atoms with Gasteiger partial charge in [0.1, 0.15) is 5.82 Å². The van der Waals surface area contributed by atoms with Gasteiger partial charge in [-0.15, -0.1) is 0 Å². The van der Waals surface area contributed by atoms with E-state index in [2.05, 4.69) is 30.9 Å². The van der Waals surface area contributed by atoms with Gasteiger partial charge in [-0.2, -0.15) is 18.3 Å². The maximum atomic E-state index is 13.1. The SMILES string of the molecule is Cn1cc(Cn2cccc3cc(C(C)(C)C)nc2-3)c(C(F)(F)F)n1. The van der Waals surface area contributed by atoms with E-state index in [9.17, 15) is 13.2 Å². The molecule has 3 rings (SSSR count). The Morgan fingerprint density at radius 1 is 1.17 bits per heavy atom. The van der Waals surface area contributed by atoms with Crippen molar-refractivity contribution in [1.29, 1.82) is 0 Å². The third-order valence-electron chi connectivity index (χ3n) is 3.87. The summed E-state index contributed by atoms with van der Waals surface area (Å²) in [5.41, 5.74) is 0.988. The van der Waals surface area contributed by atoms with E-state index in [0.29, 0.717) is 5.82 Å². The molecule has 0 fully saturated rings. The number of halogens is 3. The van der Waals surface area contributed by atoms with Crippen LogP contribution in [0.5, 0.6) is 0 Å². The molecule has 0 saturated heterocycles. The van der Waals surface area contributed by atoms with Crippen LogP contribution < -0.4 is 0 Å². The van der Waals surface area contributed by atoms with Crippen molar-refractivity contribution >= 4 is 0 Å². The van der Waals surface area contributed by atoms with Gasteiger partial charge in [0.25, 0.3) is 0 Å². The lowest BCUT2D eigenvalue weighted by molar-refractivity contribution is -0.142. The molecule has 4 nitrogen and oxygen atoms in total. The number of pyridine rings is 1. The molecule has 3 heterocycles. The van der Waals surface area contributed by atoms with Crippen molar-refractivity contribution in [3.05, 3.63) is 47.5 Å². The van der Waals surface area contributed by atoms with Crippen LogP contribution in [-0.4, -0.2) is 19.3 Å². The van der Waals surface area contributed by atoms with Crippen LogP contribution in [0.4, 0.5) is 13.2 Å². The van der Waals surface area contributed by atoms with Crippen LogP contribution in [-0.2, 0) is 25.2 Å². The standard InChI is InChI=1S/C17H19F3N4/c1-16(2,3)13-8-11-6-5-7-24(15(11)21-13)10-12-9-23(4)22-14(12)17(18,19)20/h5-9H,10H2,1-4H3. The Kier molecular flexibility index (Phi) is 3.69. The number of fused-ring (bicyclic) bond motifs is 1. The molecule has 1 aromatic heterocycles. The third-order valence-corrected chi connectivity index (χ3v) is 3.87. The molecule has 0 unspecified atom stereocenters. The summed E-state index contributed by atoms with van der Waals surface area (Å²) < 4.78 is 42.3. The van der Waals surface area contributed by atoms with Crippen molar-refractivity contribution in [2.45, 2.75) is 38.9 Å². The molecular formula is C17H19F3N4. The summed E-state index contributed by atoms with van der Waals surface area (Å²) in [5.74, 6) is 0.680. The van der Waals surface area contributed by atoms with Crippen LogP contribution in [0.15, 0.2) is 30.6 Å². The third kappa shape index (κ3) is 3.02. The number of aryl methyl sites for hydroxylation is 1. The second-order valence-electron chi connectivity index (χ2n) is 6.98. The lowest BCUT2D eigenvalue weighted by Crippen LogP contribution is -2.13. The minimum absolute atomic E-state index is 0.0701. The number of rotatable bonds is 2. The van der Waals surface area contributed by atoms with Crippen molar-refractivity contribution in [3.8, 4) is 11.4 Å². The molecule has 2 aliphatic rings. The van der Waals surface area contributed by atoms with E-state index in [-0.39, 0.29) is 17.5 Å². The van der Waals surface area contributed by atoms with Gasteiger partial charge in [0.15, 0.2) is 5.69 Å². The second-order valence-corrected chi connectivity index (χ2v) is 6.98. The lowest BCUT2D eigenvalue weighted by atomic mass is 9.92. The molecule has 128 valence electrons. The minimum atomic E-state index is -4.47. The Morgan fingerprint density at radius 2 is 1.88 bits per heavy atom. The summed E-state index contributed by atoms with van der Waals surface area (Å²) in [6.07, 6.45) is -1.32. The minimum Gasteiger partial charge on any atom is -0.328 e. The molecule has 7 heteroatoms. The molecule has 0 saturated carbocycles. The van der Waals surface area contributed by atoms with Gasteiger partial charge in [0, 0.05) is 41.7 Å². The first-order valence-electron chi connectivity index (χ1n) is 7.62. The van der Waals surface area contributed by atoms with Crippen molar-refractivity contribution in [2.75, 3.05) is 0 Å². The summed E-state index contributed by atoms with van der Waals surface area (Å²) >= 11 is 0. The van der Waals surface area contributed by atoms with Gasteiger partial charge in [-0.25, -0.2) is 4.98 Å². The number of aromatic nitrogens is 4. The number of alkyl halides is 3. The van der Waals surface area contributed by atoms with Crippen molar-refractivity contribution < 1.29 is 13.2 Å². The molecule has 24 heavy (non-hydrogen) atoms. The highest BCUT2D eigenvalue weighted by atomic mass is 19.4. The van der Waals surface area contributed by atoms with Gasteiger partial charge >= 0.3 is 6.18 Å². The van der Waals surface area contributed by atoms with Gasteiger partial charge in [-0.3, -0.25) is 4.68 Å². The van der Waals surface area contributed by atoms with E-state index >= 15 is 0 Å². The fourth-order valence-corrected chi connectivity index (χ4v) is 2.68. The second kappa shape index (κ2) is 5.36. The summed E-state index contributed by atoms with van der Waals surface area (Å²) in [4.78, 5) is 4.63. The average molecular weight is 336 g/mol. The summed E-state index contributed by atoms with van der Waals surface area (Å²) in [6.45, 7) is 6.24. The molecule has 0 amide bonds. The van der Waals surface area contributed by atoms with E-state index in [1.54, 1.807) is 10.8 Å². The molecule has 0 N–H and O–H groups in total. The van der Waals surface area contributed by atoms with Gasteiger partial charge in [0.05, 0.1) is 6.54 Å². The zero-order chi connectivity index (χ0) is 17.7. The lowest BCUT2D eigenvalue weighted by Gasteiger charge is -2.14. The predicted molar refractivity (Wildman–Crippen MR) is 84.9 cm³/mol. The van der Waals surface area contributed by atoms with Crippen LogP contribution in [0.2, 0.25) is 0 Å². The highest BCUT2D eigenvalue weighted by molar-refractivity contribution is 5.60. The summed E-state index contributed by atoms with van der Waals surface area (Å²) in [5, 5.41) is 3.56. The molecule has 0 spiro atoms. The van der Waals surface area contributed by atoms with Crippen molar-refractivity contribution in [3.63, 3.8) is 0 Å². The van der Waals surface area contributed by atoms with Gasteiger partial charge in [0.2, 0.25) is 0 Å². The van der Waals surface area contributed by atoms with Gasteiger partial charge in [-0.1, -0.05) is 20.8 Å². The average Bonchev–Trinajstić information content (AvgIpc) is 3.02. The fraction of sp³-hybridized carbons (Fsp3) is 0.412. The van der Waals surface area contributed by atoms with Gasteiger partial charge < -0.3 is 4.57 Å². The number of hydrogen-bond donors (Lipinski definition) is 0. The maximum Gasteiger partial charge on any atom is 0.435 e. The molecule has 0 atom stereocenters. The predicted octanol–water partition coefficient (Wildman–Crippen LogP) is 4.09. The topological polar surface area (TPSA) is 35.6 Å². The van der Waals surface area contributed by atoms with E-state index in [1.165, 1.54) is 17.9 Å². The molecule has 0 bridgehead atoms. The van der Waals surface area contributed by atoms with Crippen LogP contribution in [0.1, 0.15) is 37.7 Å². The highest BCUT2D eigenvalue weighted by Gasteiger charge is 2.37. The number of nitrogens with zero attached hydrogens (tertiary/aromatic N) is 4. The molecular weight excluding hydrogens is 317 g/mol. The zero-order valence-corrected chi connectivity index (χ0v) is 14.0. The largest absolute Gasteiger partial charge is 0.435 e. The van der Waals surface area contributed by atoms with Crippen LogP contribution in [0, 0.1) is 0 Å². The van der Waals surface area contributed by atoms with Crippen LogP contribution >= 0.6 is 0 Å². The van der Waals surface area contributed by atoms with E-state index in [0.717, 1.165) is 11.3 Å². The van der Waals surface area contributed by atoms with E-state index < -0.39 is 11.9 Å². The zero-order valence-electron chi connectivity index (χ0n) is 14.0. The molecule has 0 radical (unpaired) electrons. The van der Waals surface area contributed by atoms with Crippen molar-refractivity contribution in [1.82, 2.24) is 19.3 Å².